The van der Waals surface area contributed by atoms with Crippen molar-refractivity contribution < 1.29 is 19.1 Å². The number of aromatic carboxylic acids is 1. The van der Waals surface area contributed by atoms with Gasteiger partial charge in [0.05, 0.1) is 0 Å². The van der Waals surface area contributed by atoms with E-state index in [2.05, 4.69) is 0 Å². The first-order chi connectivity index (χ1) is 9.24. The molecule has 0 saturated carbocycles. The standard InChI is InChI=1S/C14H10O4S/c15-14(16)12-7-18-13-2-1-10(5-11(12)13)17-6-9-3-4-19-8-9/h1-5,7-8H,6H2,(H,15,16). The number of benzene rings is 1. The number of thiophene rings is 1. The van der Waals surface area contributed by atoms with Crippen LogP contribution in [0, 0.1) is 0 Å². The van der Waals surface area contributed by atoms with Crippen LogP contribution in [0.3, 0.4) is 0 Å². The maximum absolute atomic E-state index is 11.0. The van der Waals surface area contributed by atoms with Crippen LogP contribution in [-0.2, 0) is 6.61 Å². The molecule has 0 aliphatic carbocycles. The molecule has 0 spiro atoms. The number of carboxylic acids is 1. The van der Waals surface area contributed by atoms with E-state index in [-0.39, 0.29) is 5.56 Å². The average Bonchev–Trinajstić information content (AvgIpc) is 3.05. The molecular formula is C14H10O4S. The summed E-state index contributed by atoms with van der Waals surface area (Å²) in [6.45, 7) is 0.468. The van der Waals surface area contributed by atoms with Gasteiger partial charge in [0.25, 0.3) is 0 Å². The van der Waals surface area contributed by atoms with Gasteiger partial charge in [0.2, 0.25) is 0 Å². The summed E-state index contributed by atoms with van der Waals surface area (Å²) in [6.07, 6.45) is 1.25. The molecule has 2 heterocycles. The molecule has 5 heteroatoms. The number of hydrogen-bond donors (Lipinski definition) is 1. The monoisotopic (exact) mass is 274 g/mol. The minimum absolute atomic E-state index is 0.149. The maximum Gasteiger partial charge on any atom is 0.339 e. The van der Waals surface area contributed by atoms with Gasteiger partial charge in [0.1, 0.15) is 29.8 Å². The maximum atomic E-state index is 11.0. The third-order valence-corrected chi connectivity index (χ3v) is 3.49. The fraction of sp³-hybridized carbons (Fsp3) is 0.0714. The Labute approximate surface area is 112 Å². The van der Waals surface area contributed by atoms with Crippen molar-refractivity contribution in [2.24, 2.45) is 0 Å². The van der Waals surface area contributed by atoms with Crippen LogP contribution in [0.5, 0.6) is 5.75 Å². The minimum Gasteiger partial charge on any atom is -0.489 e. The van der Waals surface area contributed by atoms with E-state index in [0.29, 0.717) is 23.3 Å². The van der Waals surface area contributed by atoms with Gasteiger partial charge in [0, 0.05) is 5.39 Å². The van der Waals surface area contributed by atoms with E-state index < -0.39 is 5.97 Å². The molecule has 0 aliphatic heterocycles. The molecule has 0 atom stereocenters. The molecule has 0 unspecified atom stereocenters. The summed E-state index contributed by atoms with van der Waals surface area (Å²) in [5, 5.41) is 13.6. The number of fused-ring (bicyclic) bond motifs is 1. The van der Waals surface area contributed by atoms with E-state index in [1.165, 1.54) is 6.26 Å². The first kappa shape index (κ1) is 11.8. The van der Waals surface area contributed by atoms with Crippen molar-refractivity contribution in [3.8, 4) is 5.75 Å². The number of hydrogen-bond acceptors (Lipinski definition) is 4. The van der Waals surface area contributed by atoms with E-state index >= 15 is 0 Å². The van der Waals surface area contributed by atoms with Crippen molar-refractivity contribution in [2.75, 3.05) is 0 Å². The Morgan fingerprint density at radius 1 is 1.37 bits per heavy atom. The molecule has 3 aromatic rings. The normalized spacial score (nSPS) is 10.7. The highest BCUT2D eigenvalue weighted by molar-refractivity contribution is 7.07. The molecule has 0 aliphatic rings. The summed E-state index contributed by atoms with van der Waals surface area (Å²) in [5.41, 5.74) is 1.78. The first-order valence-electron chi connectivity index (χ1n) is 5.62. The predicted octanol–water partition coefficient (Wildman–Crippen LogP) is 3.77. The summed E-state index contributed by atoms with van der Waals surface area (Å²) in [4.78, 5) is 11.0. The Hall–Kier alpha value is -2.27. The lowest BCUT2D eigenvalue weighted by atomic mass is 10.2. The van der Waals surface area contributed by atoms with Gasteiger partial charge < -0.3 is 14.3 Å². The van der Waals surface area contributed by atoms with Gasteiger partial charge in [-0.2, -0.15) is 11.3 Å². The number of rotatable bonds is 4. The molecule has 0 radical (unpaired) electrons. The molecule has 96 valence electrons. The van der Waals surface area contributed by atoms with Crippen LogP contribution in [0.4, 0.5) is 0 Å². The van der Waals surface area contributed by atoms with Crippen LogP contribution < -0.4 is 4.74 Å². The summed E-state index contributed by atoms with van der Waals surface area (Å²) in [5.74, 6) is -0.378. The highest BCUT2D eigenvalue weighted by Gasteiger charge is 2.13. The molecule has 4 nitrogen and oxygen atoms in total. The molecule has 3 rings (SSSR count). The SMILES string of the molecule is O=C(O)c1coc2ccc(OCc3ccsc3)cc12. The lowest BCUT2D eigenvalue weighted by Crippen LogP contribution is -1.95. The van der Waals surface area contributed by atoms with Gasteiger partial charge in [-0.1, -0.05) is 0 Å². The second kappa shape index (κ2) is 4.78. The topological polar surface area (TPSA) is 59.7 Å². The molecule has 19 heavy (non-hydrogen) atoms. The van der Waals surface area contributed by atoms with E-state index in [1.807, 2.05) is 16.8 Å². The Bertz CT molecular complexity index is 712. The van der Waals surface area contributed by atoms with Gasteiger partial charge >= 0.3 is 5.97 Å². The van der Waals surface area contributed by atoms with Crippen molar-refractivity contribution in [2.45, 2.75) is 6.61 Å². The second-order valence-electron chi connectivity index (χ2n) is 4.03. The van der Waals surface area contributed by atoms with Crippen LogP contribution in [0.1, 0.15) is 15.9 Å². The van der Waals surface area contributed by atoms with E-state index in [0.717, 1.165) is 5.56 Å². The predicted molar refractivity (Wildman–Crippen MR) is 71.8 cm³/mol. The van der Waals surface area contributed by atoms with Crippen molar-refractivity contribution in [3.05, 3.63) is 52.4 Å². The van der Waals surface area contributed by atoms with Crippen LogP contribution >= 0.6 is 11.3 Å². The quantitative estimate of drug-likeness (QED) is 0.786. The molecule has 0 saturated heterocycles. The number of carbonyl (C=O) groups is 1. The van der Waals surface area contributed by atoms with Crippen LogP contribution in [0.25, 0.3) is 11.0 Å². The van der Waals surface area contributed by atoms with Crippen LogP contribution in [0.15, 0.2) is 45.7 Å². The van der Waals surface area contributed by atoms with Crippen molar-refractivity contribution in [1.29, 1.82) is 0 Å². The molecule has 1 N–H and O–H groups in total. The zero-order valence-electron chi connectivity index (χ0n) is 9.83. The van der Waals surface area contributed by atoms with Gasteiger partial charge in [-0.25, -0.2) is 4.79 Å². The third-order valence-electron chi connectivity index (χ3n) is 2.76. The van der Waals surface area contributed by atoms with Crippen molar-refractivity contribution >= 4 is 28.3 Å². The Balaban J connectivity index is 1.88. The Morgan fingerprint density at radius 3 is 3.00 bits per heavy atom. The van der Waals surface area contributed by atoms with Gasteiger partial charge in [-0.15, -0.1) is 0 Å². The average molecular weight is 274 g/mol. The fourth-order valence-corrected chi connectivity index (χ4v) is 2.46. The lowest BCUT2D eigenvalue weighted by Gasteiger charge is -2.04. The van der Waals surface area contributed by atoms with Crippen LogP contribution in [0.2, 0.25) is 0 Å². The molecule has 0 fully saturated rings. The van der Waals surface area contributed by atoms with Gasteiger partial charge in [-0.05, 0) is 40.6 Å². The third kappa shape index (κ3) is 2.32. The largest absolute Gasteiger partial charge is 0.489 e. The Kier molecular flexibility index (Phi) is 2.97. The fourth-order valence-electron chi connectivity index (χ4n) is 1.81. The van der Waals surface area contributed by atoms with E-state index in [4.69, 9.17) is 14.3 Å². The summed E-state index contributed by atoms with van der Waals surface area (Å²) < 4.78 is 10.8. The van der Waals surface area contributed by atoms with Gasteiger partial charge in [0.15, 0.2) is 0 Å². The van der Waals surface area contributed by atoms with E-state index in [1.54, 1.807) is 29.5 Å². The number of carboxylic acid groups (broad SMARTS) is 1. The summed E-state index contributed by atoms with van der Waals surface area (Å²) in [6, 6.07) is 7.16. The van der Waals surface area contributed by atoms with Crippen molar-refractivity contribution in [3.63, 3.8) is 0 Å². The zero-order chi connectivity index (χ0) is 13.2. The first-order valence-corrected chi connectivity index (χ1v) is 6.57. The summed E-state index contributed by atoms with van der Waals surface area (Å²) in [7, 11) is 0. The zero-order valence-corrected chi connectivity index (χ0v) is 10.6. The van der Waals surface area contributed by atoms with Crippen molar-refractivity contribution in [1.82, 2.24) is 0 Å². The molecule has 0 bridgehead atoms. The van der Waals surface area contributed by atoms with Crippen LogP contribution in [-0.4, -0.2) is 11.1 Å². The highest BCUT2D eigenvalue weighted by Crippen LogP contribution is 2.26. The number of furan rings is 1. The van der Waals surface area contributed by atoms with Gasteiger partial charge in [-0.3, -0.25) is 0 Å². The second-order valence-corrected chi connectivity index (χ2v) is 4.81. The summed E-state index contributed by atoms with van der Waals surface area (Å²) >= 11 is 1.61. The number of ether oxygens (including phenoxy) is 1. The smallest absolute Gasteiger partial charge is 0.339 e. The minimum atomic E-state index is -1.01. The Morgan fingerprint density at radius 2 is 2.26 bits per heavy atom. The highest BCUT2D eigenvalue weighted by atomic mass is 32.1. The molecule has 0 amide bonds. The molecular weight excluding hydrogens is 264 g/mol. The molecule has 1 aromatic carbocycles. The molecule has 2 aromatic heterocycles. The van der Waals surface area contributed by atoms with E-state index in [9.17, 15) is 4.79 Å². The lowest BCUT2D eigenvalue weighted by molar-refractivity contribution is 0.0698.